The van der Waals surface area contributed by atoms with E-state index in [1.54, 1.807) is 6.07 Å². The molecular formula is C19H29N3O2. The van der Waals surface area contributed by atoms with Gasteiger partial charge >= 0.3 is 0 Å². The van der Waals surface area contributed by atoms with Crippen molar-refractivity contribution in [1.82, 2.24) is 10.6 Å². The number of carbonyl (C=O) groups is 2. The summed E-state index contributed by atoms with van der Waals surface area (Å²) in [6, 6.07) is 7.26. The number of nitrogens with one attached hydrogen (secondary N) is 2. The second-order valence-electron chi connectivity index (χ2n) is 7.18. The van der Waals surface area contributed by atoms with Gasteiger partial charge in [-0.3, -0.25) is 9.59 Å². The third kappa shape index (κ3) is 5.06. The van der Waals surface area contributed by atoms with E-state index in [2.05, 4.69) is 10.6 Å². The molecule has 2 amide bonds. The third-order valence-electron chi connectivity index (χ3n) is 4.63. The van der Waals surface area contributed by atoms with Gasteiger partial charge in [0.1, 0.15) is 6.04 Å². The number of amides is 2. The summed E-state index contributed by atoms with van der Waals surface area (Å²) in [4.78, 5) is 25.1. The van der Waals surface area contributed by atoms with E-state index in [9.17, 15) is 9.59 Å². The zero-order valence-corrected chi connectivity index (χ0v) is 14.8. The van der Waals surface area contributed by atoms with Gasteiger partial charge < -0.3 is 16.4 Å². The number of hydrogen-bond acceptors (Lipinski definition) is 3. The first-order valence-corrected chi connectivity index (χ1v) is 8.80. The van der Waals surface area contributed by atoms with Crippen molar-refractivity contribution in [3.8, 4) is 0 Å². The Kier molecular flexibility index (Phi) is 6.37. The van der Waals surface area contributed by atoms with Crippen LogP contribution in [-0.2, 0) is 4.79 Å². The predicted octanol–water partition coefficient (Wildman–Crippen LogP) is 2.14. The van der Waals surface area contributed by atoms with Crippen LogP contribution in [0.15, 0.2) is 24.3 Å². The molecule has 1 aliphatic carbocycles. The number of hydrogen-bond donors (Lipinski definition) is 3. The molecule has 132 valence electrons. The standard InChI is InChI=1S/C19H29N3O2/c1-12(2)17(19(24)21-16-9-7-15(20)8-10-16)22-18(23)14-6-4-5-13(3)11-14/h4-6,11-12,15-17H,7-10,20H2,1-3H3,(H,21,24)(H,22,23). The van der Waals surface area contributed by atoms with Gasteiger partial charge in [0, 0.05) is 17.6 Å². The van der Waals surface area contributed by atoms with Gasteiger partial charge in [-0.05, 0) is 50.7 Å². The Morgan fingerprint density at radius 3 is 2.42 bits per heavy atom. The molecule has 0 heterocycles. The first kappa shape index (κ1) is 18.5. The number of carbonyl (C=O) groups excluding carboxylic acids is 2. The molecule has 1 unspecified atom stereocenters. The lowest BCUT2D eigenvalue weighted by Gasteiger charge is -2.29. The first-order chi connectivity index (χ1) is 11.4. The maximum Gasteiger partial charge on any atom is 0.251 e. The molecule has 0 aliphatic heterocycles. The smallest absolute Gasteiger partial charge is 0.251 e. The van der Waals surface area contributed by atoms with Crippen LogP contribution in [0.5, 0.6) is 0 Å². The summed E-state index contributed by atoms with van der Waals surface area (Å²) in [5, 5.41) is 5.96. The second kappa shape index (κ2) is 8.29. The van der Waals surface area contributed by atoms with Crippen molar-refractivity contribution in [3.05, 3.63) is 35.4 Å². The fourth-order valence-corrected chi connectivity index (χ4v) is 3.10. The van der Waals surface area contributed by atoms with Crippen LogP contribution in [-0.4, -0.2) is 29.9 Å². The molecule has 1 aromatic carbocycles. The lowest BCUT2D eigenvalue weighted by molar-refractivity contribution is -0.124. The maximum absolute atomic E-state index is 12.6. The van der Waals surface area contributed by atoms with Crippen molar-refractivity contribution >= 4 is 11.8 Å². The highest BCUT2D eigenvalue weighted by Crippen LogP contribution is 2.17. The largest absolute Gasteiger partial charge is 0.352 e. The van der Waals surface area contributed by atoms with E-state index in [1.165, 1.54) is 0 Å². The molecule has 1 atom stereocenters. The molecule has 5 nitrogen and oxygen atoms in total. The zero-order chi connectivity index (χ0) is 17.7. The van der Waals surface area contributed by atoms with Gasteiger partial charge in [-0.25, -0.2) is 0 Å². The second-order valence-corrected chi connectivity index (χ2v) is 7.18. The molecule has 2 rings (SSSR count). The Hall–Kier alpha value is -1.88. The van der Waals surface area contributed by atoms with E-state index in [0.717, 1.165) is 31.2 Å². The number of nitrogens with two attached hydrogens (primary N) is 1. The van der Waals surface area contributed by atoms with Gasteiger partial charge in [-0.1, -0.05) is 31.5 Å². The predicted molar refractivity (Wildman–Crippen MR) is 95.6 cm³/mol. The summed E-state index contributed by atoms with van der Waals surface area (Å²) in [7, 11) is 0. The van der Waals surface area contributed by atoms with Crippen molar-refractivity contribution in [3.63, 3.8) is 0 Å². The molecule has 1 aliphatic rings. The normalized spacial score (nSPS) is 22.0. The van der Waals surface area contributed by atoms with Crippen LogP contribution in [0.1, 0.15) is 55.5 Å². The van der Waals surface area contributed by atoms with Gasteiger partial charge in [-0.15, -0.1) is 0 Å². The number of aryl methyl sites for hydroxylation is 1. The lowest BCUT2D eigenvalue weighted by Crippen LogP contribution is -2.53. The molecule has 0 bridgehead atoms. The Labute approximate surface area is 144 Å². The maximum atomic E-state index is 12.6. The minimum absolute atomic E-state index is 0.0182. The minimum atomic E-state index is -0.534. The Morgan fingerprint density at radius 1 is 1.17 bits per heavy atom. The molecule has 1 fully saturated rings. The summed E-state index contributed by atoms with van der Waals surface area (Å²) >= 11 is 0. The van der Waals surface area contributed by atoms with Crippen LogP contribution < -0.4 is 16.4 Å². The van der Waals surface area contributed by atoms with E-state index in [1.807, 2.05) is 39.0 Å². The molecule has 0 radical (unpaired) electrons. The monoisotopic (exact) mass is 331 g/mol. The molecule has 0 spiro atoms. The van der Waals surface area contributed by atoms with E-state index in [4.69, 9.17) is 5.73 Å². The molecule has 5 heteroatoms. The fourth-order valence-electron chi connectivity index (χ4n) is 3.10. The summed E-state index contributed by atoms with van der Waals surface area (Å²) < 4.78 is 0. The van der Waals surface area contributed by atoms with Crippen LogP contribution in [0.2, 0.25) is 0 Å². The number of benzene rings is 1. The summed E-state index contributed by atoms with van der Waals surface area (Å²) in [6.45, 7) is 5.83. The molecule has 4 N–H and O–H groups in total. The lowest BCUT2D eigenvalue weighted by atomic mass is 9.91. The van der Waals surface area contributed by atoms with Gasteiger partial charge in [0.25, 0.3) is 5.91 Å². The van der Waals surface area contributed by atoms with Crippen molar-refractivity contribution in [2.45, 2.75) is 64.6 Å². The average molecular weight is 331 g/mol. The SMILES string of the molecule is Cc1cccc(C(=O)NC(C(=O)NC2CCC(N)CC2)C(C)C)c1. The first-order valence-electron chi connectivity index (χ1n) is 8.80. The molecule has 0 saturated heterocycles. The quantitative estimate of drug-likeness (QED) is 0.773. The van der Waals surface area contributed by atoms with E-state index in [0.29, 0.717) is 5.56 Å². The zero-order valence-electron chi connectivity index (χ0n) is 14.8. The summed E-state index contributed by atoms with van der Waals surface area (Å²) in [5.41, 5.74) is 7.51. The highest BCUT2D eigenvalue weighted by atomic mass is 16.2. The Balaban J connectivity index is 1.98. The van der Waals surface area contributed by atoms with Gasteiger partial charge in [0.15, 0.2) is 0 Å². The van der Waals surface area contributed by atoms with E-state index >= 15 is 0 Å². The van der Waals surface area contributed by atoms with E-state index in [-0.39, 0.29) is 29.8 Å². The molecule has 1 aromatic rings. The Bertz CT molecular complexity index is 578. The third-order valence-corrected chi connectivity index (χ3v) is 4.63. The summed E-state index contributed by atoms with van der Waals surface area (Å²) in [5.74, 6) is -0.297. The Morgan fingerprint density at radius 2 is 1.83 bits per heavy atom. The van der Waals surface area contributed by atoms with Crippen LogP contribution in [0.3, 0.4) is 0 Å². The van der Waals surface area contributed by atoms with E-state index < -0.39 is 6.04 Å². The average Bonchev–Trinajstić information content (AvgIpc) is 2.54. The van der Waals surface area contributed by atoms with Crippen molar-refractivity contribution < 1.29 is 9.59 Å². The van der Waals surface area contributed by atoms with Crippen molar-refractivity contribution in [2.24, 2.45) is 11.7 Å². The van der Waals surface area contributed by atoms with Gasteiger partial charge in [-0.2, -0.15) is 0 Å². The van der Waals surface area contributed by atoms with Crippen LogP contribution in [0.25, 0.3) is 0 Å². The molecule has 1 saturated carbocycles. The van der Waals surface area contributed by atoms with Gasteiger partial charge in [0.05, 0.1) is 0 Å². The van der Waals surface area contributed by atoms with Crippen molar-refractivity contribution in [1.29, 1.82) is 0 Å². The molecule has 0 aromatic heterocycles. The highest BCUT2D eigenvalue weighted by Gasteiger charge is 2.28. The van der Waals surface area contributed by atoms with Crippen LogP contribution in [0.4, 0.5) is 0 Å². The molecular weight excluding hydrogens is 302 g/mol. The van der Waals surface area contributed by atoms with Crippen LogP contribution >= 0.6 is 0 Å². The van der Waals surface area contributed by atoms with Gasteiger partial charge in [0.2, 0.25) is 5.91 Å². The minimum Gasteiger partial charge on any atom is -0.352 e. The van der Waals surface area contributed by atoms with Crippen molar-refractivity contribution in [2.75, 3.05) is 0 Å². The molecule has 24 heavy (non-hydrogen) atoms. The number of rotatable bonds is 5. The topological polar surface area (TPSA) is 84.2 Å². The fraction of sp³-hybridized carbons (Fsp3) is 0.579. The highest BCUT2D eigenvalue weighted by molar-refractivity contribution is 5.97. The van der Waals surface area contributed by atoms with Crippen LogP contribution in [0, 0.1) is 12.8 Å². The summed E-state index contributed by atoms with van der Waals surface area (Å²) in [6.07, 6.45) is 3.69.